The molecule has 0 radical (unpaired) electrons. The van der Waals surface area contributed by atoms with Crippen LogP contribution in [0.3, 0.4) is 0 Å². The largest absolute Gasteiger partial charge is 0.490 e. The van der Waals surface area contributed by atoms with E-state index in [1.165, 1.54) is 0 Å². The molecule has 7 N–H and O–H groups in total. The molecule has 18 heteroatoms. The van der Waals surface area contributed by atoms with Crippen molar-refractivity contribution in [3.05, 3.63) is 46.6 Å². The number of nitrogens with zero attached hydrogens (tertiary/aromatic N) is 2. The number of rotatable bonds is 2. The number of halogens is 6. The van der Waals surface area contributed by atoms with E-state index in [4.69, 9.17) is 19.8 Å². The van der Waals surface area contributed by atoms with E-state index < -0.39 is 24.3 Å². The highest BCUT2D eigenvalue weighted by atomic mass is 19.4. The highest BCUT2D eigenvalue weighted by Gasteiger charge is 2.38. The van der Waals surface area contributed by atoms with E-state index in [1.54, 1.807) is 0 Å². The Hall–Kier alpha value is -5.03. The smallest absolute Gasteiger partial charge is 0.475 e. The van der Waals surface area contributed by atoms with Crippen LogP contribution in [0.15, 0.2) is 51.2 Å². The van der Waals surface area contributed by atoms with Crippen LogP contribution in [0.5, 0.6) is 0 Å². The zero-order valence-corrected chi connectivity index (χ0v) is 20.6. The molecule has 2 aliphatic rings. The Morgan fingerprint density at radius 3 is 1.39 bits per heavy atom. The predicted molar refractivity (Wildman–Crippen MR) is 137 cm³/mol. The number of guanidine groups is 2. The van der Waals surface area contributed by atoms with Gasteiger partial charge in [0.1, 0.15) is 0 Å². The Kier molecular flexibility index (Phi) is 9.25. The van der Waals surface area contributed by atoms with Gasteiger partial charge in [-0.3, -0.25) is 14.8 Å². The minimum atomic E-state index is -5.08. The zero-order valence-electron chi connectivity index (χ0n) is 20.6. The van der Waals surface area contributed by atoms with Gasteiger partial charge in [0.05, 0.1) is 24.1 Å². The van der Waals surface area contributed by atoms with E-state index in [-0.39, 0.29) is 5.43 Å². The third-order valence-corrected chi connectivity index (χ3v) is 5.16. The van der Waals surface area contributed by atoms with Crippen LogP contribution < -0.4 is 26.7 Å². The van der Waals surface area contributed by atoms with E-state index in [1.807, 2.05) is 36.4 Å². The number of carboxylic acids is 2. The fourth-order valence-electron chi connectivity index (χ4n) is 3.37. The Morgan fingerprint density at radius 2 is 1.10 bits per heavy atom. The van der Waals surface area contributed by atoms with Gasteiger partial charge in [-0.05, 0) is 36.4 Å². The number of alkyl halides is 6. The molecular weight excluding hydrogens is 568 g/mol. The van der Waals surface area contributed by atoms with Crippen LogP contribution in [0.1, 0.15) is 0 Å². The van der Waals surface area contributed by atoms with E-state index in [0.717, 1.165) is 60.5 Å². The van der Waals surface area contributed by atoms with E-state index in [2.05, 4.69) is 36.2 Å². The lowest BCUT2D eigenvalue weighted by atomic mass is 10.1. The number of anilines is 2. The Labute approximate surface area is 225 Å². The number of fused-ring (bicyclic) bond motifs is 2. The topological polar surface area (TPSA) is 180 Å². The molecule has 0 bridgehead atoms. The van der Waals surface area contributed by atoms with Gasteiger partial charge in [0, 0.05) is 35.2 Å². The molecule has 0 atom stereocenters. The number of nitrogens with one attached hydrogen (secondary N) is 5. The summed E-state index contributed by atoms with van der Waals surface area (Å²) >= 11 is 0. The van der Waals surface area contributed by atoms with Gasteiger partial charge in [0.25, 0.3) is 0 Å². The molecule has 2 aromatic carbocycles. The predicted octanol–water partition coefficient (Wildman–Crippen LogP) is 2.69. The minimum Gasteiger partial charge on any atom is -0.475 e. The van der Waals surface area contributed by atoms with Gasteiger partial charge < -0.3 is 36.5 Å². The fraction of sp³-hybridized carbons (Fsp3) is 0.261. The van der Waals surface area contributed by atoms with Gasteiger partial charge >= 0.3 is 24.3 Å². The lowest BCUT2D eigenvalue weighted by Crippen LogP contribution is -2.26. The molecule has 0 saturated heterocycles. The summed E-state index contributed by atoms with van der Waals surface area (Å²) in [6.07, 6.45) is -10.2. The summed E-state index contributed by atoms with van der Waals surface area (Å²) in [5.74, 6) is -4.00. The first-order chi connectivity index (χ1) is 19.1. The summed E-state index contributed by atoms with van der Waals surface area (Å²) < 4.78 is 63.5. The van der Waals surface area contributed by atoms with Crippen molar-refractivity contribution in [1.82, 2.24) is 15.6 Å². The van der Waals surface area contributed by atoms with E-state index >= 15 is 0 Å². The highest BCUT2D eigenvalue weighted by molar-refractivity contribution is 6.00. The number of aromatic amines is 1. The standard InChI is InChI=1S/C19H19N7O.2C2HF3O2/c27-17-13-3-1-11(24-18-20-5-6-21-18)9-15(13)26-16-10-12(2-4-14(16)17)25-19-22-7-8-23-19;2*3-2(4,5)1(6)7/h1-4,9-10H,5-8H2,(H,26,27)(H2,20,21,24)(H2,22,23,25);2*(H,6,7). The van der Waals surface area contributed by atoms with Crippen molar-refractivity contribution in [2.75, 3.05) is 36.8 Å². The fourth-order valence-corrected chi connectivity index (χ4v) is 3.37. The number of aliphatic imine (C=N–C) groups is 2. The van der Waals surface area contributed by atoms with Crippen LogP contribution in [0, 0.1) is 0 Å². The van der Waals surface area contributed by atoms with Crippen LogP contribution in [0.2, 0.25) is 0 Å². The lowest BCUT2D eigenvalue weighted by molar-refractivity contribution is -0.193. The molecule has 0 unspecified atom stereocenters. The first-order valence-corrected chi connectivity index (χ1v) is 11.5. The van der Waals surface area contributed by atoms with Gasteiger partial charge in [-0.1, -0.05) is 0 Å². The number of carbonyl (C=O) groups is 2. The van der Waals surface area contributed by atoms with Crippen LogP contribution in [0.4, 0.5) is 37.7 Å². The molecule has 3 aromatic rings. The number of carboxylic acid groups (broad SMARTS) is 2. The first-order valence-electron chi connectivity index (χ1n) is 11.5. The second-order valence-corrected chi connectivity index (χ2v) is 8.14. The zero-order chi connectivity index (χ0) is 30.4. The number of hydrogen-bond donors (Lipinski definition) is 7. The number of hydrogen-bond acceptors (Lipinski definition) is 9. The van der Waals surface area contributed by atoms with Crippen molar-refractivity contribution >= 4 is 57.0 Å². The van der Waals surface area contributed by atoms with Crippen molar-refractivity contribution in [3.8, 4) is 0 Å². The van der Waals surface area contributed by atoms with Crippen LogP contribution in [-0.2, 0) is 9.59 Å². The maximum absolute atomic E-state index is 12.9. The van der Waals surface area contributed by atoms with Gasteiger partial charge in [-0.2, -0.15) is 26.3 Å². The van der Waals surface area contributed by atoms with Crippen molar-refractivity contribution in [2.24, 2.45) is 9.98 Å². The maximum Gasteiger partial charge on any atom is 0.490 e. The van der Waals surface area contributed by atoms with E-state index in [0.29, 0.717) is 10.8 Å². The van der Waals surface area contributed by atoms with Gasteiger partial charge in [-0.25, -0.2) is 9.59 Å². The average Bonchev–Trinajstić information content (AvgIpc) is 3.58. The summed E-state index contributed by atoms with van der Waals surface area (Å²) in [6, 6.07) is 11.3. The SMILES string of the molecule is O=C(O)C(F)(F)F.O=C(O)C(F)(F)F.O=c1c2ccc(NC3=NCCN3)cc2[nH]c2cc(NC3=NCCN3)ccc12. The number of aliphatic carboxylic acids is 2. The average molecular weight is 589 g/mol. The molecule has 0 aliphatic carbocycles. The lowest BCUT2D eigenvalue weighted by Gasteiger charge is -2.10. The van der Waals surface area contributed by atoms with Crippen molar-refractivity contribution in [1.29, 1.82) is 0 Å². The van der Waals surface area contributed by atoms with Gasteiger partial charge in [-0.15, -0.1) is 0 Å². The maximum atomic E-state index is 12.9. The monoisotopic (exact) mass is 589 g/mol. The van der Waals surface area contributed by atoms with Crippen molar-refractivity contribution in [3.63, 3.8) is 0 Å². The quantitative estimate of drug-likeness (QED) is 0.175. The third kappa shape index (κ3) is 8.48. The number of aromatic nitrogens is 1. The normalized spacial score (nSPS) is 14.4. The van der Waals surface area contributed by atoms with Crippen molar-refractivity contribution in [2.45, 2.75) is 12.4 Å². The summed E-state index contributed by atoms with van der Waals surface area (Å²) in [5, 5.41) is 28.4. The molecule has 0 spiro atoms. The van der Waals surface area contributed by atoms with Crippen LogP contribution >= 0.6 is 0 Å². The summed E-state index contributed by atoms with van der Waals surface area (Å²) in [6.45, 7) is 3.22. The minimum absolute atomic E-state index is 0.0181. The second kappa shape index (κ2) is 12.4. The highest BCUT2D eigenvalue weighted by Crippen LogP contribution is 2.21. The second-order valence-electron chi connectivity index (χ2n) is 8.14. The molecular formula is C23H21F6N7O5. The van der Waals surface area contributed by atoms with Gasteiger partial charge in [0.2, 0.25) is 0 Å². The van der Waals surface area contributed by atoms with Crippen LogP contribution in [0.25, 0.3) is 21.8 Å². The number of H-pyrrole nitrogens is 1. The molecule has 0 amide bonds. The van der Waals surface area contributed by atoms with Crippen molar-refractivity contribution < 1.29 is 46.1 Å². The molecule has 2 aliphatic heterocycles. The molecule has 0 saturated carbocycles. The van der Waals surface area contributed by atoms with E-state index in [9.17, 15) is 31.1 Å². The molecule has 41 heavy (non-hydrogen) atoms. The molecule has 3 heterocycles. The summed E-state index contributed by atoms with van der Waals surface area (Å²) in [7, 11) is 0. The number of benzene rings is 2. The summed E-state index contributed by atoms with van der Waals surface area (Å²) in [5.41, 5.74) is 3.34. The molecule has 5 rings (SSSR count). The Morgan fingerprint density at radius 1 is 0.732 bits per heavy atom. The molecule has 220 valence electrons. The molecule has 0 fully saturated rings. The van der Waals surface area contributed by atoms with Crippen LogP contribution in [-0.4, -0.2) is 77.6 Å². The first kappa shape index (κ1) is 30.5. The molecule has 1 aromatic heterocycles. The number of pyridine rings is 1. The Bertz CT molecular complexity index is 1460. The van der Waals surface area contributed by atoms with Gasteiger partial charge in [0.15, 0.2) is 17.3 Å². The Balaban J connectivity index is 0.000000276. The third-order valence-electron chi connectivity index (χ3n) is 5.16. The molecule has 12 nitrogen and oxygen atoms in total. The summed E-state index contributed by atoms with van der Waals surface area (Å²) in [4.78, 5) is 42.7.